The third-order valence-electron chi connectivity index (χ3n) is 3.77. The number of pyridine rings is 1. The van der Waals surface area contributed by atoms with Crippen LogP contribution >= 0.6 is 0 Å². The van der Waals surface area contributed by atoms with Gasteiger partial charge in [-0.15, -0.1) is 0 Å². The molecule has 0 aliphatic carbocycles. The fourth-order valence-electron chi connectivity index (χ4n) is 2.63. The fourth-order valence-corrected chi connectivity index (χ4v) is 2.63. The molecule has 3 aromatic rings. The molecule has 0 fully saturated rings. The smallest absolute Gasteiger partial charge is 0.254 e. The molecule has 0 bridgehead atoms. The van der Waals surface area contributed by atoms with Crippen molar-refractivity contribution < 1.29 is 9.21 Å². The lowest BCUT2D eigenvalue weighted by Gasteiger charge is -2.17. The van der Waals surface area contributed by atoms with Crippen LogP contribution in [0.15, 0.2) is 53.2 Å². The Balaban J connectivity index is 1.91. The van der Waals surface area contributed by atoms with Crippen molar-refractivity contribution in [2.75, 3.05) is 7.05 Å². The van der Waals surface area contributed by atoms with Gasteiger partial charge >= 0.3 is 0 Å². The van der Waals surface area contributed by atoms with Gasteiger partial charge in [-0.3, -0.25) is 9.78 Å². The standard InChI is InChI=1S/C18H18N2O2/c1-3-16-15(14-6-4-5-7-17(14)22-16)12-20(2)18(21)13-8-10-19-11-9-13/h4-11H,3,12H2,1-2H3. The summed E-state index contributed by atoms with van der Waals surface area (Å²) in [5.74, 6) is 0.922. The number of hydrogen-bond acceptors (Lipinski definition) is 3. The van der Waals surface area contributed by atoms with E-state index in [1.54, 1.807) is 29.4 Å². The Kier molecular flexibility index (Phi) is 3.92. The second-order valence-corrected chi connectivity index (χ2v) is 5.25. The predicted molar refractivity (Wildman–Crippen MR) is 85.6 cm³/mol. The highest BCUT2D eigenvalue weighted by atomic mass is 16.3. The number of benzene rings is 1. The van der Waals surface area contributed by atoms with Gasteiger partial charge in [0.25, 0.3) is 5.91 Å². The van der Waals surface area contributed by atoms with Crippen LogP contribution < -0.4 is 0 Å². The van der Waals surface area contributed by atoms with Crippen molar-refractivity contribution in [2.45, 2.75) is 19.9 Å². The van der Waals surface area contributed by atoms with E-state index < -0.39 is 0 Å². The van der Waals surface area contributed by atoms with Gasteiger partial charge in [0, 0.05) is 48.9 Å². The topological polar surface area (TPSA) is 46.3 Å². The van der Waals surface area contributed by atoms with Crippen LogP contribution in [0, 0.1) is 0 Å². The first-order valence-electron chi connectivity index (χ1n) is 7.35. The molecule has 3 rings (SSSR count). The summed E-state index contributed by atoms with van der Waals surface area (Å²) in [4.78, 5) is 18.1. The largest absolute Gasteiger partial charge is 0.461 e. The van der Waals surface area contributed by atoms with E-state index in [1.807, 2.05) is 31.3 Å². The molecule has 0 radical (unpaired) electrons. The molecule has 0 saturated carbocycles. The molecule has 2 aromatic heterocycles. The van der Waals surface area contributed by atoms with E-state index in [2.05, 4.69) is 11.9 Å². The summed E-state index contributed by atoms with van der Waals surface area (Å²) in [6, 6.07) is 11.4. The van der Waals surface area contributed by atoms with Gasteiger partial charge in [0.1, 0.15) is 11.3 Å². The lowest BCUT2D eigenvalue weighted by Crippen LogP contribution is -2.26. The third kappa shape index (κ3) is 2.60. The third-order valence-corrected chi connectivity index (χ3v) is 3.77. The average molecular weight is 294 g/mol. The summed E-state index contributed by atoms with van der Waals surface area (Å²) in [6.45, 7) is 2.59. The minimum atomic E-state index is -0.0188. The van der Waals surface area contributed by atoms with Crippen molar-refractivity contribution in [2.24, 2.45) is 0 Å². The number of rotatable bonds is 4. The SMILES string of the molecule is CCc1oc2ccccc2c1CN(C)C(=O)c1ccncc1. The summed E-state index contributed by atoms with van der Waals surface area (Å²) in [7, 11) is 1.81. The molecule has 112 valence electrons. The highest BCUT2D eigenvalue weighted by Gasteiger charge is 2.18. The zero-order valence-electron chi connectivity index (χ0n) is 12.7. The molecule has 0 atom stereocenters. The molecule has 0 aliphatic heterocycles. The van der Waals surface area contributed by atoms with E-state index in [-0.39, 0.29) is 5.91 Å². The van der Waals surface area contributed by atoms with E-state index in [0.717, 1.165) is 28.7 Å². The van der Waals surface area contributed by atoms with Crippen molar-refractivity contribution in [3.63, 3.8) is 0 Å². The summed E-state index contributed by atoms with van der Waals surface area (Å²) in [5.41, 5.74) is 2.60. The monoisotopic (exact) mass is 294 g/mol. The Morgan fingerprint density at radius 2 is 1.91 bits per heavy atom. The van der Waals surface area contributed by atoms with Gasteiger partial charge in [0.15, 0.2) is 0 Å². The number of amides is 1. The molecule has 0 spiro atoms. The minimum absolute atomic E-state index is 0.0188. The minimum Gasteiger partial charge on any atom is -0.461 e. The van der Waals surface area contributed by atoms with Crippen LogP contribution in [0.5, 0.6) is 0 Å². The molecular weight excluding hydrogens is 276 g/mol. The molecule has 4 heteroatoms. The van der Waals surface area contributed by atoms with Crippen LogP contribution in [0.3, 0.4) is 0 Å². The van der Waals surface area contributed by atoms with E-state index in [0.29, 0.717) is 12.1 Å². The second-order valence-electron chi connectivity index (χ2n) is 5.25. The zero-order chi connectivity index (χ0) is 15.5. The molecule has 0 aliphatic rings. The van der Waals surface area contributed by atoms with Crippen LogP contribution in [0.2, 0.25) is 0 Å². The molecule has 0 N–H and O–H groups in total. The van der Waals surface area contributed by atoms with Gasteiger partial charge in [-0.25, -0.2) is 0 Å². The van der Waals surface area contributed by atoms with Crippen LogP contribution in [0.1, 0.15) is 28.6 Å². The van der Waals surface area contributed by atoms with E-state index in [9.17, 15) is 4.79 Å². The summed E-state index contributed by atoms with van der Waals surface area (Å²) in [5, 5.41) is 1.08. The summed E-state index contributed by atoms with van der Waals surface area (Å²) in [6.07, 6.45) is 4.07. The summed E-state index contributed by atoms with van der Waals surface area (Å²) < 4.78 is 5.89. The van der Waals surface area contributed by atoms with Gasteiger partial charge in [0.2, 0.25) is 0 Å². The number of nitrogens with zero attached hydrogens (tertiary/aromatic N) is 2. The lowest BCUT2D eigenvalue weighted by molar-refractivity contribution is 0.0785. The predicted octanol–water partition coefficient (Wildman–Crippen LogP) is 3.66. The molecular formula is C18H18N2O2. The van der Waals surface area contributed by atoms with Crippen LogP contribution in [-0.2, 0) is 13.0 Å². The van der Waals surface area contributed by atoms with Gasteiger partial charge in [-0.05, 0) is 18.2 Å². The molecule has 22 heavy (non-hydrogen) atoms. The normalized spacial score (nSPS) is 10.8. The van der Waals surface area contributed by atoms with Crippen molar-refractivity contribution in [1.29, 1.82) is 0 Å². The van der Waals surface area contributed by atoms with Crippen molar-refractivity contribution in [3.8, 4) is 0 Å². The number of carbonyl (C=O) groups excluding carboxylic acids is 1. The Hall–Kier alpha value is -2.62. The first-order chi connectivity index (χ1) is 10.7. The van der Waals surface area contributed by atoms with Crippen LogP contribution in [0.4, 0.5) is 0 Å². The van der Waals surface area contributed by atoms with E-state index >= 15 is 0 Å². The Bertz CT molecular complexity index is 793. The maximum atomic E-state index is 12.5. The average Bonchev–Trinajstić information content (AvgIpc) is 2.93. The molecule has 0 saturated heterocycles. The lowest BCUT2D eigenvalue weighted by atomic mass is 10.1. The maximum absolute atomic E-state index is 12.5. The quantitative estimate of drug-likeness (QED) is 0.737. The molecule has 0 unspecified atom stereocenters. The van der Waals surface area contributed by atoms with Crippen molar-refractivity contribution in [3.05, 3.63) is 65.7 Å². The molecule has 2 heterocycles. The summed E-state index contributed by atoms with van der Waals surface area (Å²) >= 11 is 0. The maximum Gasteiger partial charge on any atom is 0.254 e. The second kappa shape index (κ2) is 6.02. The number of carbonyl (C=O) groups is 1. The van der Waals surface area contributed by atoms with Crippen molar-refractivity contribution in [1.82, 2.24) is 9.88 Å². The van der Waals surface area contributed by atoms with Gasteiger partial charge in [-0.2, -0.15) is 0 Å². The first kappa shape index (κ1) is 14.3. The number of para-hydroxylation sites is 1. The number of aryl methyl sites for hydroxylation is 1. The highest BCUT2D eigenvalue weighted by molar-refractivity contribution is 5.94. The Morgan fingerprint density at radius 1 is 1.18 bits per heavy atom. The Morgan fingerprint density at radius 3 is 2.64 bits per heavy atom. The van der Waals surface area contributed by atoms with E-state index in [1.165, 1.54) is 0 Å². The number of fused-ring (bicyclic) bond motifs is 1. The molecule has 4 nitrogen and oxygen atoms in total. The van der Waals surface area contributed by atoms with Crippen LogP contribution in [0.25, 0.3) is 11.0 Å². The van der Waals surface area contributed by atoms with Crippen molar-refractivity contribution >= 4 is 16.9 Å². The first-order valence-corrected chi connectivity index (χ1v) is 7.35. The number of aromatic nitrogens is 1. The zero-order valence-corrected chi connectivity index (χ0v) is 12.7. The molecule has 1 amide bonds. The van der Waals surface area contributed by atoms with Gasteiger partial charge < -0.3 is 9.32 Å². The van der Waals surface area contributed by atoms with Gasteiger partial charge in [0.05, 0.1) is 0 Å². The Labute approximate surface area is 129 Å². The van der Waals surface area contributed by atoms with Gasteiger partial charge in [-0.1, -0.05) is 25.1 Å². The fraction of sp³-hybridized carbons (Fsp3) is 0.222. The highest BCUT2D eigenvalue weighted by Crippen LogP contribution is 2.27. The van der Waals surface area contributed by atoms with E-state index in [4.69, 9.17) is 4.42 Å². The number of furan rings is 1. The van der Waals surface area contributed by atoms with Crippen LogP contribution in [-0.4, -0.2) is 22.8 Å². The number of hydrogen-bond donors (Lipinski definition) is 0. The molecule has 1 aromatic carbocycles.